The van der Waals surface area contributed by atoms with Gasteiger partial charge in [-0.2, -0.15) is 0 Å². The fourth-order valence-corrected chi connectivity index (χ4v) is 4.51. The zero-order valence-electron chi connectivity index (χ0n) is 12.3. The zero-order chi connectivity index (χ0) is 17.3. The third kappa shape index (κ3) is 4.09. The number of ether oxygens (including phenoxy) is 1. The first-order valence-electron chi connectivity index (χ1n) is 6.30. The Morgan fingerprint density at radius 3 is 2.17 bits per heavy atom. The van der Waals surface area contributed by atoms with Crippen molar-refractivity contribution in [1.82, 2.24) is 0 Å². The molecule has 0 spiro atoms. The molecule has 0 aliphatic heterocycles. The molecule has 0 amide bonds. The van der Waals surface area contributed by atoms with Gasteiger partial charge < -0.3 is 13.6 Å². The first kappa shape index (κ1) is 17.4. The summed E-state index contributed by atoms with van der Waals surface area (Å²) in [5.41, 5.74) is 0. The Morgan fingerprint density at radius 1 is 1.04 bits per heavy atom. The van der Waals surface area contributed by atoms with Crippen LogP contribution in [0.2, 0.25) is 0 Å². The summed E-state index contributed by atoms with van der Waals surface area (Å²) in [5.74, 6) is -1.43. The van der Waals surface area contributed by atoms with Crippen LogP contribution in [0, 0.1) is 6.92 Å². The lowest BCUT2D eigenvalue weighted by atomic mass is 10.4. The molecule has 0 saturated heterocycles. The predicted octanol–water partition coefficient (Wildman–Crippen LogP) is 0.893. The van der Waals surface area contributed by atoms with Crippen LogP contribution in [0.25, 0.3) is 0 Å². The van der Waals surface area contributed by atoms with Crippen LogP contribution in [0.15, 0.2) is 47.7 Å². The molecule has 2 rings (SSSR count). The first-order valence-corrected chi connectivity index (χ1v) is 9.84. The number of hydrogen-bond acceptors (Lipinski definition) is 8. The van der Waals surface area contributed by atoms with Crippen LogP contribution >= 0.6 is 0 Å². The normalized spacial score (nSPS) is 12.4. The fraction of sp³-hybridized carbons (Fsp3) is 0.308. The lowest BCUT2D eigenvalue weighted by Crippen LogP contribution is -2.14. The fourth-order valence-electron chi connectivity index (χ4n) is 1.83. The van der Waals surface area contributed by atoms with Gasteiger partial charge in [0.05, 0.1) is 9.79 Å². The van der Waals surface area contributed by atoms with Crippen molar-refractivity contribution in [2.45, 2.75) is 23.3 Å². The van der Waals surface area contributed by atoms with E-state index in [2.05, 4.69) is 8.83 Å². The molecule has 1 aromatic carbocycles. The maximum absolute atomic E-state index is 12.3. The average molecular weight is 362 g/mol. The molecule has 10 heteroatoms. The number of rotatable bonds is 6. The van der Waals surface area contributed by atoms with Crippen LogP contribution in [-0.2, 0) is 31.0 Å². The molecule has 126 valence electrons. The molecule has 1 heterocycles. The van der Waals surface area contributed by atoms with Crippen molar-refractivity contribution in [3.8, 4) is 0 Å². The topological polar surface area (TPSA) is 121 Å². The van der Waals surface area contributed by atoms with E-state index in [0.29, 0.717) is 0 Å². The molecule has 0 unspecified atom stereocenters. The van der Waals surface area contributed by atoms with E-state index in [4.69, 9.17) is 4.74 Å². The van der Waals surface area contributed by atoms with Gasteiger partial charge in [0.15, 0.2) is 21.5 Å². The second-order valence-corrected chi connectivity index (χ2v) is 8.62. The summed E-state index contributed by atoms with van der Waals surface area (Å²) < 4.78 is 62.2. The first-order chi connectivity index (χ1) is 10.6. The van der Waals surface area contributed by atoms with Crippen molar-refractivity contribution in [2.75, 3.05) is 12.2 Å². The van der Waals surface area contributed by atoms with Crippen molar-refractivity contribution >= 4 is 19.7 Å². The molecular formula is C13H14O8S2. The molecule has 0 N–H and O–H groups in total. The summed E-state index contributed by atoms with van der Waals surface area (Å²) in [5, 5.41) is 0. The molecule has 0 aliphatic rings. The summed E-state index contributed by atoms with van der Waals surface area (Å²) in [6.07, 6.45) is 0.922. The summed E-state index contributed by atoms with van der Waals surface area (Å²) in [7, 11) is -7.71. The minimum Gasteiger partial charge on any atom is -0.396 e. The number of benzene rings is 1. The van der Waals surface area contributed by atoms with Crippen molar-refractivity contribution in [3.05, 3.63) is 46.4 Å². The summed E-state index contributed by atoms with van der Waals surface area (Å²) in [6, 6.07) is 5.25. The SMILES string of the molecule is Cc1oc(=O)oc1COCS(=O)(=O)c1ccccc1S(C)(=O)=O. The van der Waals surface area contributed by atoms with Gasteiger partial charge in [-0.3, -0.25) is 0 Å². The molecular weight excluding hydrogens is 348 g/mol. The van der Waals surface area contributed by atoms with E-state index < -0.39 is 31.4 Å². The quantitative estimate of drug-likeness (QED) is 0.743. The Kier molecular flexibility index (Phi) is 4.78. The van der Waals surface area contributed by atoms with E-state index in [-0.39, 0.29) is 27.9 Å². The summed E-state index contributed by atoms with van der Waals surface area (Å²) in [6.45, 7) is 1.18. The van der Waals surface area contributed by atoms with Gasteiger partial charge in [0.2, 0.25) is 9.84 Å². The second kappa shape index (κ2) is 6.30. The Labute approximate surface area is 132 Å². The van der Waals surface area contributed by atoms with Crippen molar-refractivity contribution < 1.29 is 30.4 Å². The second-order valence-electron chi connectivity index (χ2n) is 4.73. The molecule has 0 fully saturated rings. The Balaban J connectivity index is 2.20. The lowest BCUT2D eigenvalue weighted by Gasteiger charge is -2.09. The maximum atomic E-state index is 12.3. The predicted molar refractivity (Wildman–Crippen MR) is 78.4 cm³/mol. The van der Waals surface area contributed by atoms with Crippen LogP contribution in [0.3, 0.4) is 0 Å². The minimum atomic E-state index is -4.00. The van der Waals surface area contributed by atoms with E-state index in [9.17, 15) is 21.6 Å². The molecule has 2 aromatic rings. The number of sulfone groups is 2. The smallest absolute Gasteiger partial charge is 0.396 e. The van der Waals surface area contributed by atoms with Gasteiger partial charge in [0, 0.05) is 6.26 Å². The molecule has 0 aliphatic carbocycles. The Hall–Kier alpha value is -1.91. The zero-order valence-corrected chi connectivity index (χ0v) is 13.9. The van der Waals surface area contributed by atoms with Gasteiger partial charge in [0.25, 0.3) is 0 Å². The van der Waals surface area contributed by atoms with E-state index in [1.54, 1.807) is 0 Å². The molecule has 0 bridgehead atoms. The summed E-state index contributed by atoms with van der Waals surface area (Å²) >= 11 is 0. The van der Waals surface area contributed by atoms with Crippen LogP contribution < -0.4 is 5.82 Å². The van der Waals surface area contributed by atoms with Crippen LogP contribution in [0.5, 0.6) is 0 Å². The van der Waals surface area contributed by atoms with E-state index in [1.807, 2.05) is 0 Å². The van der Waals surface area contributed by atoms with Gasteiger partial charge in [-0.05, 0) is 19.1 Å². The van der Waals surface area contributed by atoms with E-state index >= 15 is 0 Å². The van der Waals surface area contributed by atoms with Crippen LogP contribution in [0.1, 0.15) is 11.5 Å². The van der Waals surface area contributed by atoms with Gasteiger partial charge in [-0.1, -0.05) is 12.1 Å². The molecule has 8 nitrogen and oxygen atoms in total. The standard InChI is InChI=1S/C13H14O8S2/c1-9-10(21-13(14)20-9)7-19-8-23(17,18)12-6-4-3-5-11(12)22(2,15)16/h3-6H,7-8H2,1-2H3. The van der Waals surface area contributed by atoms with Crippen LogP contribution in [-0.4, -0.2) is 29.0 Å². The monoisotopic (exact) mass is 362 g/mol. The largest absolute Gasteiger partial charge is 0.519 e. The highest BCUT2D eigenvalue weighted by atomic mass is 32.2. The highest BCUT2D eigenvalue weighted by Crippen LogP contribution is 2.22. The van der Waals surface area contributed by atoms with Gasteiger partial charge >= 0.3 is 5.82 Å². The van der Waals surface area contributed by atoms with Crippen LogP contribution in [0.4, 0.5) is 0 Å². The van der Waals surface area contributed by atoms with Gasteiger partial charge in [0.1, 0.15) is 12.4 Å². The minimum absolute atomic E-state index is 0.0709. The van der Waals surface area contributed by atoms with Crippen molar-refractivity contribution in [3.63, 3.8) is 0 Å². The molecule has 23 heavy (non-hydrogen) atoms. The third-order valence-electron chi connectivity index (χ3n) is 2.89. The molecule has 0 saturated carbocycles. The molecule has 0 radical (unpaired) electrons. The summed E-state index contributed by atoms with van der Waals surface area (Å²) in [4.78, 5) is 10.2. The number of aryl methyl sites for hydroxylation is 1. The maximum Gasteiger partial charge on any atom is 0.519 e. The van der Waals surface area contributed by atoms with Gasteiger partial charge in [-0.25, -0.2) is 21.6 Å². The number of hydrogen-bond donors (Lipinski definition) is 0. The molecule has 1 aromatic heterocycles. The van der Waals surface area contributed by atoms with Gasteiger partial charge in [-0.15, -0.1) is 0 Å². The molecule has 0 atom stereocenters. The van der Waals surface area contributed by atoms with Crippen molar-refractivity contribution in [1.29, 1.82) is 0 Å². The Bertz CT molecular complexity index is 963. The highest BCUT2D eigenvalue weighted by molar-refractivity contribution is 7.94. The van der Waals surface area contributed by atoms with E-state index in [1.165, 1.54) is 31.2 Å². The Morgan fingerprint density at radius 2 is 1.65 bits per heavy atom. The highest BCUT2D eigenvalue weighted by Gasteiger charge is 2.24. The van der Waals surface area contributed by atoms with Crippen molar-refractivity contribution in [2.24, 2.45) is 0 Å². The van der Waals surface area contributed by atoms with E-state index in [0.717, 1.165) is 6.26 Å². The third-order valence-corrected chi connectivity index (χ3v) is 5.68. The lowest BCUT2D eigenvalue weighted by molar-refractivity contribution is 0.142. The average Bonchev–Trinajstić information content (AvgIpc) is 2.76.